The molecule has 4 nitrogen and oxygen atoms in total. The zero-order valence-electron chi connectivity index (χ0n) is 11.7. The lowest BCUT2D eigenvalue weighted by Crippen LogP contribution is -2.43. The second kappa shape index (κ2) is 3.62. The Labute approximate surface area is 114 Å². The van der Waals surface area contributed by atoms with E-state index in [1.165, 1.54) is 10.4 Å². The molecule has 1 saturated heterocycles. The van der Waals surface area contributed by atoms with Crippen LogP contribution in [-0.4, -0.2) is 30.4 Å². The zero-order chi connectivity index (χ0) is 14.1. The van der Waals surface area contributed by atoms with Crippen LogP contribution in [-0.2, 0) is 14.8 Å². The van der Waals surface area contributed by atoms with Gasteiger partial charge < -0.3 is 0 Å². The molecule has 3 atom stereocenters. The molecule has 0 aromatic rings. The van der Waals surface area contributed by atoms with Gasteiger partial charge in [0.05, 0.1) is 11.8 Å². The summed E-state index contributed by atoms with van der Waals surface area (Å²) in [5, 5.41) is 0. The van der Waals surface area contributed by atoms with Gasteiger partial charge in [-0.15, -0.1) is 0 Å². The molecule has 1 aliphatic heterocycles. The summed E-state index contributed by atoms with van der Waals surface area (Å²) in [5.41, 5.74) is -0.191. The molecule has 0 radical (unpaired) electrons. The van der Waals surface area contributed by atoms with Gasteiger partial charge in [0, 0.05) is 5.41 Å². The standard InChI is InChI=1S/C14H21NO3S/c1-4-5-12(16)15-11-8-10-6-7-14(11,13(10,2)3)9-19(15,17)18/h4-5,10-11H,6-9H2,1-3H3/b5-4+/t10-,11+,14+/m0/s1. The van der Waals surface area contributed by atoms with E-state index in [1.54, 1.807) is 13.0 Å². The molecule has 3 fully saturated rings. The van der Waals surface area contributed by atoms with Crippen molar-refractivity contribution < 1.29 is 13.2 Å². The number of carbonyl (C=O) groups excluding carboxylic acids is 1. The molecule has 1 amide bonds. The third-order valence-corrected chi connectivity index (χ3v) is 7.85. The largest absolute Gasteiger partial charge is 0.269 e. The molecule has 3 rings (SSSR count). The molecule has 0 unspecified atom stereocenters. The summed E-state index contributed by atoms with van der Waals surface area (Å²) >= 11 is 0. The fourth-order valence-electron chi connectivity index (χ4n) is 4.80. The number of amides is 1. The van der Waals surface area contributed by atoms with Crippen molar-refractivity contribution >= 4 is 15.9 Å². The van der Waals surface area contributed by atoms with Crippen molar-refractivity contribution in [2.24, 2.45) is 16.7 Å². The minimum atomic E-state index is -3.45. The summed E-state index contributed by atoms with van der Waals surface area (Å²) in [5.74, 6) is 0.332. The first-order valence-corrected chi connectivity index (χ1v) is 8.56. The average Bonchev–Trinajstić information content (AvgIpc) is 2.75. The molecule has 3 aliphatic rings. The van der Waals surface area contributed by atoms with Crippen LogP contribution in [0.25, 0.3) is 0 Å². The van der Waals surface area contributed by atoms with Gasteiger partial charge in [0.15, 0.2) is 0 Å². The third-order valence-electron chi connectivity index (χ3n) is 5.94. The maximum atomic E-state index is 12.4. The highest BCUT2D eigenvalue weighted by Gasteiger charge is 2.72. The van der Waals surface area contributed by atoms with E-state index in [2.05, 4.69) is 13.8 Å². The Morgan fingerprint density at radius 2 is 2.05 bits per heavy atom. The maximum absolute atomic E-state index is 12.4. The molecule has 2 saturated carbocycles. The van der Waals surface area contributed by atoms with E-state index in [-0.39, 0.29) is 28.5 Å². The van der Waals surface area contributed by atoms with E-state index in [1.807, 2.05) is 0 Å². The Hall–Kier alpha value is -0.840. The Balaban J connectivity index is 2.09. The van der Waals surface area contributed by atoms with Crippen molar-refractivity contribution in [1.82, 2.24) is 4.31 Å². The van der Waals surface area contributed by atoms with Gasteiger partial charge in [-0.2, -0.15) is 0 Å². The molecule has 2 bridgehead atoms. The lowest BCUT2D eigenvalue weighted by molar-refractivity contribution is -0.124. The molecule has 2 aliphatic carbocycles. The molecule has 1 spiro atoms. The van der Waals surface area contributed by atoms with E-state index in [0.717, 1.165) is 19.3 Å². The van der Waals surface area contributed by atoms with E-state index in [0.29, 0.717) is 5.92 Å². The van der Waals surface area contributed by atoms with Crippen molar-refractivity contribution in [3.8, 4) is 0 Å². The molecule has 19 heavy (non-hydrogen) atoms. The topological polar surface area (TPSA) is 54.5 Å². The maximum Gasteiger partial charge on any atom is 0.259 e. The van der Waals surface area contributed by atoms with Crippen LogP contribution < -0.4 is 0 Å². The average molecular weight is 283 g/mol. The van der Waals surface area contributed by atoms with E-state index >= 15 is 0 Å². The highest BCUT2D eigenvalue weighted by molar-refractivity contribution is 7.90. The number of rotatable bonds is 1. The number of hydrogen-bond donors (Lipinski definition) is 0. The third kappa shape index (κ3) is 1.40. The number of hydrogen-bond acceptors (Lipinski definition) is 3. The lowest BCUT2D eigenvalue weighted by atomic mass is 9.69. The molecular formula is C14H21NO3S. The number of sulfonamides is 1. The van der Waals surface area contributed by atoms with Crippen LogP contribution >= 0.6 is 0 Å². The number of allylic oxidation sites excluding steroid dienone is 1. The van der Waals surface area contributed by atoms with Crippen molar-refractivity contribution in [3.05, 3.63) is 12.2 Å². The van der Waals surface area contributed by atoms with Crippen LogP contribution in [0, 0.1) is 16.7 Å². The van der Waals surface area contributed by atoms with Crippen molar-refractivity contribution in [3.63, 3.8) is 0 Å². The van der Waals surface area contributed by atoms with Gasteiger partial charge in [-0.25, -0.2) is 12.7 Å². The molecule has 0 aromatic carbocycles. The summed E-state index contributed by atoms with van der Waals surface area (Å²) in [7, 11) is -3.45. The first-order chi connectivity index (χ1) is 8.76. The molecule has 1 heterocycles. The first-order valence-electron chi connectivity index (χ1n) is 6.95. The zero-order valence-corrected chi connectivity index (χ0v) is 12.5. The first kappa shape index (κ1) is 13.2. The SMILES string of the molecule is C/C=C/C(=O)N1[C@@H]2C[C@@H]3CC[C@]2(CS1(=O)=O)C3(C)C. The van der Waals surface area contributed by atoms with Crippen LogP contribution in [0.5, 0.6) is 0 Å². The Morgan fingerprint density at radius 1 is 1.37 bits per heavy atom. The molecular weight excluding hydrogens is 262 g/mol. The fourth-order valence-corrected chi connectivity index (χ4v) is 7.30. The van der Waals surface area contributed by atoms with Crippen molar-refractivity contribution in [1.29, 1.82) is 0 Å². The molecule has 0 aromatic heterocycles. The van der Waals surface area contributed by atoms with E-state index in [9.17, 15) is 13.2 Å². The van der Waals surface area contributed by atoms with Crippen molar-refractivity contribution in [2.75, 3.05) is 5.75 Å². The van der Waals surface area contributed by atoms with E-state index < -0.39 is 10.0 Å². The molecule has 106 valence electrons. The van der Waals surface area contributed by atoms with Gasteiger partial charge in [-0.3, -0.25) is 4.79 Å². The minimum absolute atomic E-state index is 0.0235. The molecule has 5 heteroatoms. The lowest BCUT2D eigenvalue weighted by Gasteiger charge is -2.36. The van der Waals surface area contributed by atoms with Gasteiger partial charge >= 0.3 is 0 Å². The summed E-state index contributed by atoms with van der Waals surface area (Å²) in [4.78, 5) is 12.1. The van der Waals surface area contributed by atoms with Gasteiger partial charge in [-0.05, 0) is 43.6 Å². The van der Waals surface area contributed by atoms with Gasteiger partial charge in [0.1, 0.15) is 0 Å². The van der Waals surface area contributed by atoms with Crippen LogP contribution in [0.15, 0.2) is 12.2 Å². The van der Waals surface area contributed by atoms with Gasteiger partial charge in [-0.1, -0.05) is 19.9 Å². The predicted molar refractivity (Wildman–Crippen MR) is 72.8 cm³/mol. The van der Waals surface area contributed by atoms with Gasteiger partial charge in [0.25, 0.3) is 5.91 Å². The summed E-state index contributed by atoms with van der Waals surface area (Å²) in [6, 6.07) is -0.116. The van der Waals surface area contributed by atoms with Crippen LogP contribution in [0.4, 0.5) is 0 Å². The van der Waals surface area contributed by atoms with Crippen LogP contribution in [0.2, 0.25) is 0 Å². The van der Waals surface area contributed by atoms with E-state index in [4.69, 9.17) is 0 Å². The molecule has 0 N–H and O–H groups in total. The van der Waals surface area contributed by atoms with Crippen LogP contribution in [0.3, 0.4) is 0 Å². The van der Waals surface area contributed by atoms with Gasteiger partial charge in [0.2, 0.25) is 10.0 Å². The summed E-state index contributed by atoms with van der Waals surface area (Å²) in [6.45, 7) is 6.11. The normalized spacial score (nSPS) is 41.9. The van der Waals surface area contributed by atoms with Crippen LogP contribution in [0.1, 0.15) is 40.0 Å². The smallest absolute Gasteiger partial charge is 0.259 e. The number of carbonyl (C=O) groups is 1. The predicted octanol–water partition coefficient (Wildman–Crippen LogP) is 1.93. The minimum Gasteiger partial charge on any atom is -0.269 e. The highest BCUT2D eigenvalue weighted by atomic mass is 32.2. The quantitative estimate of drug-likeness (QED) is 0.691. The second-order valence-corrected chi connectivity index (χ2v) is 8.60. The Morgan fingerprint density at radius 3 is 2.63 bits per heavy atom. The summed E-state index contributed by atoms with van der Waals surface area (Å²) < 4.78 is 26.1. The second-order valence-electron chi connectivity index (χ2n) is 6.76. The Kier molecular flexibility index (Phi) is 2.51. The Bertz CT molecular complexity index is 563. The monoisotopic (exact) mass is 283 g/mol. The number of fused-ring (bicyclic) bond motifs is 1. The summed E-state index contributed by atoms with van der Waals surface area (Å²) in [6.07, 6.45) is 5.87. The van der Waals surface area contributed by atoms with Crippen molar-refractivity contribution in [2.45, 2.75) is 46.1 Å². The fraction of sp³-hybridized carbons (Fsp3) is 0.786. The number of nitrogens with zero attached hydrogens (tertiary/aromatic N) is 1. The highest BCUT2D eigenvalue weighted by Crippen LogP contribution is 2.69.